The highest BCUT2D eigenvalue weighted by molar-refractivity contribution is 5.94. The van der Waals surface area contributed by atoms with E-state index >= 15 is 0 Å². The zero-order valence-corrected chi connectivity index (χ0v) is 12.8. The lowest BCUT2D eigenvalue weighted by molar-refractivity contribution is 0.0686. The number of likely N-dealkylation sites (tertiary alicyclic amines) is 1. The number of carbonyl (C=O) groups is 1. The number of amides is 1. The molecule has 2 fully saturated rings. The minimum Gasteiger partial charge on any atom is -0.337 e. The SMILES string of the molecule is O=C(c1ccccc1)N1CCCC(NC2CCCCC2)C1. The van der Waals surface area contributed by atoms with Gasteiger partial charge >= 0.3 is 0 Å². The molecule has 1 aliphatic heterocycles. The molecule has 1 saturated carbocycles. The van der Waals surface area contributed by atoms with E-state index in [4.69, 9.17) is 0 Å². The van der Waals surface area contributed by atoms with Gasteiger partial charge in [-0.3, -0.25) is 4.79 Å². The number of nitrogens with one attached hydrogen (secondary N) is 1. The normalized spacial score (nSPS) is 24.0. The molecule has 3 nitrogen and oxygen atoms in total. The van der Waals surface area contributed by atoms with Crippen molar-refractivity contribution in [2.75, 3.05) is 13.1 Å². The van der Waals surface area contributed by atoms with Gasteiger partial charge in [-0.1, -0.05) is 37.5 Å². The minimum absolute atomic E-state index is 0.186. The van der Waals surface area contributed by atoms with Crippen LogP contribution in [0.2, 0.25) is 0 Å². The summed E-state index contributed by atoms with van der Waals surface area (Å²) in [6.07, 6.45) is 9.04. The van der Waals surface area contributed by atoms with E-state index in [-0.39, 0.29) is 5.91 Å². The van der Waals surface area contributed by atoms with Crippen LogP contribution < -0.4 is 5.32 Å². The van der Waals surface area contributed by atoms with Crippen LogP contribution in [0.4, 0.5) is 0 Å². The van der Waals surface area contributed by atoms with Crippen molar-refractivity contribution < 1.29 is 4.79 Å². The zero-order valence-electron chi connectivity index (χ0n) is 12.8. The van der Waals surface area contributed by atoms with Gasteiger partial charge in [0.2, 0.25) is 0 Å². The Balaban J connectivity index is 1.56. The maximum absolute atomic E-state index is 12.5. The molecule has 114 valence electrons. The molecule has 2 aliphatic rings. The standard InChI is InChI=1S/C18H26N2O/c21-18(15-8-3-1-4-9-15)20-13-7-12-17(14-20)19-16-10-5-2-6-11-16/h1,3-4,8-9,16-17,19H,2,5-7,10-14H2. The third kappa shape index (κ3) is 3.85. The second kappa shape index (κ2) is 7.08. The van der Waals surface area contributed by atoms with Crippen LogP contribution in [-0.2, 0) is 0 Å². The Morgan fingerprint density at radius 3 is 2.43 bits per heavy atom. The maximum atomic E-state index is 12.5. The van der Waals surface area contributed by atoms with E-state index in [9.17, 15) is 4.79 Å². The molecule has 0 radical (unpaired) electrons. The Hall–Kier alpha value is -1.35. The van der Waals surface area contributed by atoms with Crippen molar-refractivity contribution in [2.45, 2.75) is 57.0 Å². The van der Waals surface area contributed by atoms with Crippen molar-refractivity contribution in [3.8, 4) is 0 Å². The molecule has 1 amide bonds. The van der Waals surface area contributed by atoms with Crippen molar-refractivity contribution in [3.05, 3.63) is 35.9 Å². The molecule has 1 unspecified atom stereocenters. The molecule has 3 rings (SSSR count). The van der Waals surface area contributed by atoms with E-state index in [2.05, 4.69) is 5.32 Å². The fourth-order valence-electron chi connectivity index (χ4n) is 3.66. The Morgan fingerprint density at radius 2 is 1.67 bits per heavy atom. The monoisotopic (exact) mass is 286 g/mol. The third-order valence-corrected chi connectivity index (χ3v) is 4.81. The Morgan fingerprint density at radius 1 is 0.952 bits per heavy atom. The Labute approximate surface area is 127 Å². The van der Waals surface area contributed by atoms with Crippen LogP contribution in [0, 0.1) is 0 Å². The number of carbonyl (C=O) groups excluding carboxylic acids is 1. The number of piperidine rings is 1. The highest BCUT2D eigenvalue weighted by Crippen LogP contribution is 2.20. The van der Waals surface area contributed by atoms with E-state index in [1.54, 1.807) is 0 Å². The molecular weight excluding hydrogens is 260 g/mol. The van der Waals surface area contributed by atoms with Crippen LogP contribution in [0.1, 0.15) is 55.3 Å². The highest BCUT2D eigenvalue weighted by atomic mass is 16.2. The summed E-state index contributed by atoms with van der Waals surface area (Å²) in [5.41, 5.74) is 0.816. The average molecular weight is 286 g/mol. The van der Waals surface area contributed by atoms with Crippen LogP contribution in [0.15, 0.2) is 30.3 Å². The first kappa shape index (κ1) is 14.6. The summed E-state index contributed by atoms with van der Waals surface area (Å²) < 4.78 is 0. The van der Waals surface area contributed by atoms with E-state index in [1.807, 2.05) is 35.2 Å². The van der Waals surface area contributed by atoms with Crippen LogP contribution in [-0.4, -0.2) is 36.0 Å². The van der Waals surface area contributed by atoms with E-state index in [0.29, 0.717) is 12.1 Å². The number of rotatable bonds is 3. The van der Waals surface area contributed by atoms with Gasteiger partial charge in [-0.25, -0.2) is 0 Å². The predicted octanol–water partition coefficient (Wildman–Crippen LogP) is 3.21. The van der Waals surface area contributed by atoms with Crippen LogP contribution >= 0.6 is 0 Å². The summed E-state index contributed by atoms with van der Waals surface area (Å²) >= 11 is 0. The molecule has 21 heavy (non-hydrogen) atoms. The van der Waals surface area contributed by atoms with Crippen molar-refractivity contribution in [1.82, 2.24) is 10.2 Å². The molecule has 0 spiro atoms. The molecule has 1 atom stereocenters. The molecule has 1 aromatic carbocycles. The van der Waals surface area contributed by atoms with Crippen molar-refractivity contribution in [2.24, 2.45) is 0 Å². The molecule has 0 bridgehead atoms. The third-order valence-electron chi connectivity index (χ3n) is 4.81. The summed E-state index contributed by atoms with van der Waals surface area (Å²) in [6.45, 7) is 1.76. The second-order valence-corrected chi connectivity index (χ2v) is 6.46. The molecule has 1 heterocycles. The molecule has 1 N–H and O–H groups in total. The van der Waals surface area contributed by atoms with Gasteiger partial charge in [-0.2, -0.15) is 0 Å². The van der Waals surface area contributed by atoms with Gasteiger partial charge in [0.05, 0.1) is 0 Å². The number of benzene rings is 1. The van der Waals surface area contributed by atoms with Crippen molar-refractivity contribution in [3.63, 3.8) is 0 Å². The van der Waals surface area contributed by atoms with E-state index in [0.717, 1.165) is 25.1 Å². The lowest BCUT2D eigenvalue weighted by atomic mass is 9.93. The summed E-state index contributed by atoms with van der Waals surface area (Å²) in [6, 6.07) is 10.8. The van der Waals surface area contributed by atoms with E-state index in [1.165, 1.54) is 38.5 Å². The predicted molar refractivity (Wildman–Crippen MR) is 85.4 cm³/mol. The fraction of sp³-hybridized carbons (Fsp3) is 0.611. The molecule has 3 heteroatoms. The number of hydrogen-bond donors (Lipinski definition) is 1. The van der Waals surface area contributed by atoms with Crippen LogP contribution in [0.25, 0.3) is 0 Å². The van der Waals surface area contributed by atoms with Gasteiger partial charge in [0.25, 0.3) is 5.91 Å². The Bertz CT molecular complexity index is 454. The fourth-order valence-corrected chi connectivity index (χ4v) is 3.66. The minimum atomic E-state index is 0.186. The van der Waals surface area contributed by atoms with Gasteiger partial charge in [0.15, 0.2) is 0 Å². The Kier molecular flexibility index (Phi) is 4.91. The number of hydrogen-bond acceptors (Lipinski definition) is 2. The molecular formula is C18H26N2O. The summed E-state index contributed by atoms with van der Waals surface area (Å²) in [7, 11) is 0. The van der Waals surface area contributed by atoms with Crippen molar-refractivity contribution in [1.29, 1.82) is 0 Å². The molecule has 0 aromatic heterocycles. The summed E-state index contributed by atoms with van der Waals surface area (Å²) in [5, 5.41) is 3.80. The largest absolute Gasteiger partial charge is 0.337 e. The lowest BCUT2D eigenvalue weighted by Crippen LogP contribution is -2.51. The van der Waals surface area contributed by atoms with Gasteiger partial charge < -0.3 is 10.2 Å². The first-order valence-electron chi connectivity index (χ1n) is 8.43. The average Bonchev–Trinajstić information content (AvgIpc) is 2.56. The quantitative estimate of drug-likeness (QED) is 0.925. The highest BCUT2D eigenvalue weighted by Gasteiger charge is 2.26. The lowest BCUT2D eigenvalue weighted by Gasteiger charge is -2.36. The van der Waals surface area contributed by atoms with E-state index < -0.39 is 0 Å². The number of nitrogens with zero attached hydrogens (tertiary/aromatic N) is 1. The maximum Gasteiger partial charge on any atom is 0.253 e. The second-order valence-electron chi connectivity index (χ2n) is 6.46. The van der Waals surface area contributed by atoms with Crippen molar-refractivity contribution >= 4 is 5.91 Å². The van der Waals surface area contributed by atoms with Gasteiger partial charge in [-0.05, 0) is 37.8 Å². The van der Waals surface area contributed by atoms with Gasteiger partial charge in [0.1, 0.15) is 0 Å². The smallest absolute Gasteiger partial charge is 0.253 e. The van der Waals surface area contributed by atoms with Gasteiger partial charge in [0, 0.05) is 30.7 Å². The first-order chi connectivity index (χ1) is 10.3. The molecule has 1 aromatic rings. The first-order valence-corrected chi connectivity index (χ1v) is 8.43. The van der Waals surface area contributed by atoms with Crippen LogP contribution in [0.3, 0.4) is 0 Å². The van der Waals surface area contributed by atoms with Gasteiger partial charge in [-0.15, -0.1) is 0 Å². The topological polar surface area (TPSA) is 32.3 Å². The summed E-state index contributed by atoms with van der Waals surface area (Å²) in [4.78, 5) is 14.6. The summed E-state index contributed by atoms with van der Waals surface area (Å²) in [5.74, 6) is 0.186. The van der Waals surface area contributed by atoms with Crippen LogP contribution in [0.5, 0.6) is 0 Å². The molecule has 1 aliphatic carbocycles. The molecule has 1 saturated heterocycles. The zero-order chi connectivity index (χ0) is 14.5.